The minimum Gasteiger partial charge on any atom is -0.338 e. The first-order chi connectivity index (χ1) is 13.2. The van der Waals surface area contributed by atoms with Crippen molar-refractivity contribution in [2.24, 2.45) is 0 Å². The van der Waals surface area contributed by atoms with Gasteiger partial charge in [-0.1, -0.05) is 42.5 Å². The van der Waals surface area contributed by atoms with Gasteiger partial charge in [-0.25, -0.2) is 0 Å². The number of rotatable bonds is 5. The molecule has 2 aromatic carbocycles. The maximum atomic E-state index is 12.5. The molecule has 27 heavy (non-hydrogen) atoms. The first-order valence-corrected chi connectivity index (χ1v) is 9.64. The van der Waals surface area contributed by atoms with Crippen LogP contribution in [0.3, 0.4) is 0 Å². The van der Waals surface area contributed by atoms with Gasteiger partial charge in [-0.05, 0) is 29.7 Å². The van der Waals surface area contributed by atoms with Crippen LogP contribution in [0.1, 0.15) is 24.0 Å². The topological polar surface area (TPSA) is 52.7 Å². The molecule has 1 saturated heterocycles. The van der Waals surface area contributed by atoms with Crippen LogP contribution in [-0.4, -0.2) is 42.4 Å². The second-order valence-corrected chi connectivity index (χ2v) is 7.28. The number of carbonyl (C=O) groups is 2. The molecule has 2 aliphatic rings. The maximum absolute atomic E-state index is 12.5. The highest BCUT2D eigenvalue weighted by Crippen LogP contribution is 2.21. The Balaban J connectivity index is 1.25. The van der Waals surface area contributed by atoms with Crippen molar-refractivity contribution >= 4 is 17.5 Å². The van der Waals surface area contributed by atoms with Gasteiger partial charge in [-0.2, -0.15) is 0 Å². The Morgan fingerprint density at radius 2 is 1.78 bits per heavy atom. The fourth-order valence-corrected chi connectivity index (χ4v) is 3.95. The van der Waals surface area contributed by atoms with Gasteiger partial charge in [0.05, 0.1) is 0 Å². The SMILES string of the molecule is O=C(CCN[C@H]1CC(=O)N(c2ccccc2)C1)N1CCc2ccccc2C1. The van der Waals surface area contributed by atoms with Crippen LogP contribution in [0.4, 0.5) is 5.69 Å². The van der Waals surface area contributed by atoms with Gasteiger partial charge in [0.2, 0.25) is 11.8 Å². The summed E-state index contributed by atoms with van der Waals surface area (Å²) in [5, 5.41) is 3.39. The van der Waals surface area contributed by atoms with Gasteiger partial charge in [0.25, 0.3) is 0 Å². The lowest BCUT2D eigenvalue weighted by Crippen LogP contribution is -2.39. The summed E-state index contributed by atoms with van der Waals surface area (Å²) in [7, 11) is 0. The summed E-state index contributed by atoms with van der Waals surface area (Å²) in [6.07, 6.45) is 1.89. The van der Waals surface area contributed by atoms with E-state index in [4.69, 9.17) is 0 Å². The minimum atomic E-state index is 0.104. The smallest absolute Gasteiger partial charge is 0.228 e. The number of amides is 2. The average Bonchev–Trinajstić information content (AvgIpc) is 3.08. The normalized spacial score (nSPS) is 19.3. The van der Waals surface area contributed by atoms with Gasteiger partial charge in [0.15, 0.2) is 0 Å². The Hall–Kier alpha value is -2.66. The van der Waals surface area contributed by atoms with E-state index < -0.39 is 0 Å². The zero-order valence-electron chi connectivity index (χ0n) is 15.4. The third-order valence-electron chi connectivity index (χ3n) is 5.45. The lowest BCUT2D eigenvalue weighted by Gasteiger charge is -2.29. The highest BCUT2D eigenvalue weighted by Gasteiger charge is 2.30. The van der Waals surface area contributed by atoms with Crippen molar-refractivity contribution in [1.29, 1.82) is 0 Å². The van der Waals surface area contributed by atoms with E-state index in [1.54, 1.807) is 0 Å². The van der Waals surface area contributed by atoms with Crippen LogP contribution < -0.4 is 10.2 Å². The number of hydrogen-bond acceptors (Lipinski definition) is 3. The van der Waals surface area contributed by atoms with E-state index in [1.165, 1.54) is 11.1 Å². The Labute approximate surface area is 160 Å². The molecule has 0 aliphatic carbocycles. The molecular formula is C22H25N3O2. The molecule has 1 atom stereocenters. The summed E-state index contributed by atoms with van der Waals surface area (Å²) in [6.45, 7) is 2.77. The molecule has 0 unspecified atom stereocenters. The van der Waals surface area contributed by atoms with Gasteiger partial charge in [0, 0.05) is 50.7 Å². The van der Waals surface area contributed by atoms with Gasteiger partial charge in [-0.3, -0.25) is 9.59 Å². The van der Waals surface area contributed by atoms with E-state index in [9.17, 15) is 9.59 Å². The molecule has 0 spiro atoms. The zero-order valence-corrected chi connectivity index (χ0v) is 15.4. The van der Waals surface area contributed by atoms with Crippen LogP contribution in [-0.2, 0) is 22.6 Å². The van der Waals surface area contributed by atoms with E-state index in [2.05, 4.69) is 23.5 Å². The minimum absolute atomic E-state index is 0.104. The molecule has 0 aromatic heterocycles. The summed E-state index contributed by atoms with van der Waals surface area (Å²) >= 11 is 0. The molecule has 5 nitrogen and oxygen atoms in total. The molecule has 2 aliphatic heterocycles. The van der Waals surface area contributed by atoms with Crippen molar-refractivity contribution in [2.75, 3.05) is 24.5 Å². The Morgan fingerprint density at radius 1 is 1.04 bits per heavy atom. The van der Waals surface area contributed by atoms with Crippen molar-refractivity contribution in [3.05, 3.63) is 65.7 Å². The fraction of sp³-hybridized carbons (Fsp3) is 0.364. The van der Waals surface area contributed by atoms with Crippen molar-refractivity contribution in [3.63, 3.8) is 0 Å². The van der Waals surface area contributed by atoms with E-state index >= 15 is 0 Å². The Bertz CT molecular complexity index is 821. The maximum Gasteiger partial charge on any atom is 0.228 e. The molecule has 1 N–H and O–H groups in total. The Morgan fingerprint density at radius 3 is 2.59 bits per heavy atom. The summed E-state index contributed by atoms with van der Waals surface area (Å²) in [6, 6.07) is 18.2. The van der Waals surface area contributed by atoms with Gasteiger partial charge >= 0.3 is 0 Å². The molecule has 5 heteroatoms. The molecule has 0 saturated carbocycles. The van der Waals surface area contributed by atoms with Crippen molar-refractivity contribution < 1.29 is 9.59 Å². The highest BCUT2D eigenvalue weighted by molar-refractivity contribution is 5.96. The summed E-state index contributed by atoms with van der Waals surface area (Å²) < 4.78 is 0. The number of benzene rings is 2. The van der Waals surface area contributed by atoms with Crippen LogP contribution in [0.5, 0.6) is 0 Å². The molecule has 0 bridgehead atoms. The lowest BCUT2D eigenvalue weighted by atomic mass is 10.00. The number of fused-ring (bicyclic) bond motifs is 1. The summed E-state index contributed by atoms with van der Waals surface area (Å²) in [5.74, 6) is 0.318. The van der Waals surface area contributed by atoms with E-state index in [1.807, 2.05) is 46.2 Å². The number of carbonyl (C=O) groups excluding carboxylic acids is 2. The van der Waals surface area contributed by atoms with E-state index in [0.29, 0.717) is 32.5 Å². The summed E-state index contributed by atoms with van der Waals surface area (Å²) in [5.41, 5.74) is 3.55. The van der Waals surface area contributed by atoms with Crippen LogP contribution in [0.15, 0.2) is 54.6 Å². The molecule has 2 heterocycles. The first-order valence-electron chi connectivity index (χ1n) is 9.64. The van der Waals surface area contributed by atoms with Crippen molar-refractivity contribution in [3.8, 4) is 0 Å². The molecule has 2 aromatic rings. The number of hydrogen-bond donors (Lipinski definition) is 1. The predicted molar refractivity (Wildman–Crippen MR) is 105 cm³/mol. The van der Waals surface area contributed by atoms with Gasteiger partial charge in [-0.15, -0.1) is 0 Å². The fourth-order valence-electron chi connectivity index (χ4n) is 3.95. The number of nitrogens with one attached hydrogen (secondary N) is 1. The largest absolute Gasteiger partial charge is 0.338 e. The van der Waals surface area contributed by atoms with Crippen LogP contribution in [0.25, 0.3) is 0 Å². The third kappa shape index (κ3) is 4.03. The van der Waals surface area contributed by atoms with Crippen molar-refractivity contribution in [1.82, 2.24) is 10.2 Å². The molecule has 140 valence electrons. The first kappa shape index (κ1) is 17.7. The highest BCUT2D eigenvalue weighted by atomic mass is 16.2. The van der Waals surface area contributed by atoms with Crippen molar-refractivity contribution in [2.45, 2.75) is 31.8 Å². The molecule has 1 fully saturated rings. The quantitative estimate of drug-likeness (QED) is 0.887. The zero-order chi connectivity index (χ0) is 18.6. The Kier molecular flexibility index (Phi) is 5.21. The van der Waals surface area contributed by atoms with Gasteiger partial charge in [0.1, 0.15) is 0 Å². The van der Waals surface area contributed by atoms with Gasteiger partial charge < -0.3 is 15.1 Å². The number of nitrogens with zero attached hydrogens (tertiary/aromatic N) is 2. The van der Waals surface area contributed by atoms with Crippen LogP contribution in [0, 0.1) is 0 Å². The average molecular weight is 363 g/mol. The van der Waals surface area contributed by atoms with E-state index in [0.717, 1.165) is 18.7 Å². The second-order valence-electron chi connectivity index (χ2n) is 7.28. The second kappa shape index (κ2) is 7.92. The molecule has 2 amide bonds. The lowest BCUT2D eigenvalue weighted by molar-refractivity contribution is -0.132. The monoisotopic (exact) mass is 363 g/mol. The molecule has 4 rings (SSSR count). The van der Waals surface area contributed by atoms with Crippen LogP contribution >= 0.6 is 0 Å². The number of anilines is 1. The summed E-state index contributed by atoms with van der Waals surface area (Å²) in [4.78, 5) is 28.6. The van der Waals surface area contributed by atoms with E-state index in [-0.39, 0.29) is 17.9 Å². The van der Waals surface area contributed by atoms with Crippen LogP contribution in [0.2, 0.25) is 0 Å². The molecular weight excluding hydrogens is 338 g/mol. The standard InChI is InChI=1S/C22H25N3O2/c26-21(24-13-11-17-6-4-5-7-18(17)15-24)10-12-23-19-14-22(27)25(16-19)20-8-2-1-3-9-20/h1-9,19,23H,10-16H2/t19-/m0/s1. The predicted octanol–water partition coefficient (Wildman–Crippen LogP) is 2.36. The molecule has 0 radical (unpaired) electrons. The number of para-hydroxylation sites is 1. The third-order valence-corrected chi connectivity index (χ3v) is 5.45.